The highest BCUT2D eigenvalue weighted by Gasteiger charge is 2.36. The topological polar surface area (TPSA) is 68.9 Å². The maximum absolute atomic E-state index is 13.2. The van der Waals surface area contributed by atoms with Gasteiger partial charge in [0.25, 0.3) is 5.56 Å². The van der Waals surface area contributed by atoms with E-state index in [9.17, 15) is 22.8 Å². The van der Waals surface area contributed by atoms with E-state index in [4.69, 9.17) is 0 Å². The third-order valence-electron chi connectivity index (χ3n) is 3.80. The maximum atomic E-state index is 13.2. The SMILES string of the molecule is Cc1nn(C)c2c1c(C(F)(F)F)cc(=O)n2CC(=O)NC1CC1. The number of hydrogen-bond acceptors (Lipinski definition) is 3. The monoisotopic (exact) mass is 328 g/mol. The Hall–Kier alpha value is -2.32. The molecule has 0 bridgehead atoms. The van der Waals surface area contributed by atoms with Gasteiger partial charge >= 0.3 is 6.18 Å². The number of nitrogens with zero attached hydrogens (tertiary/aromatic N) is 3. The van der Waals surface area contributed by atoms with Gasteiger partial charge in [0.2, 0.25) is 5.91 Å². The van der Waals surface area contributed by atoms with E-state index >= 15 is 0 Å². The molecule has 2 aromatic rings. The minimum absolute atomic E-state index is 0.00623. The van der Waals surface area contributed by atoms with Crippen molar-refractivity contribution >= 4 is 16.9 Å². The molecule has 0 atom stereocenters. The van der Waals surface area contributed by atoms with Gasteiger partial charge in [-0.05, 0) is 19.8 Å². The number of pyridine rings is 1. The number of rotatable bonds is 3. The van der Waals surface area contributed by atoms with Gasteiger partial charge in [0, 0.05) is 19.2 Å². The van der Waals surface area contributed by atoms with Crippen molar-refractivity contribution in [2.24, 2.45) is 7.05 Å². The van der Waals surface area contributed by atoms with Gasteiger partial charge in [-0.25, -0.2) is 0 Å². The maximum Gasteiger partial charge on any atom is 0.417 e. The number of aryl methyl sites for hydroxylation is 2. The molecule has 124 valence electrons. The Kier molecular flexibility index (Phi) is 3.46. The first kappa shape index (κ1) is 15.6. The van der Waals surface area contributed by atoms with Gasteiger partial charge in [0.05, 0.1) is 16.6 Å². The third-order valence-corrected chi connectivity index (χ3v) is 3.80. The molecule has 0 unspecified atom stereocenters. The van der Waals surface area contributed by atoms with Crippen molar-refractivity contribution in [1.29, 1.82) is 0 Å². The van der Waals surface area contributed by atoms with Crippen LogP contribution in [0.25, 0.3) is 11.0 Å². The van der Waals surface area contributed by atoms with Crippen LogP contribution in [0, 0.1) is 6.92 Å². The van der Waals surface area contributed by atoms with Crippen molar-refractivity contribution in [2.45, 2.75) is 38.5 Å². The van der Waals surface area contributed by atoms with Crippen LogP contribution in [0.1, 0.15) is 24.1 Å². The molecular formula is C14H15F3N4O2. The Bertz CT molecular complexity index is 846. The molecule has 9 heteroatoms. The van der Waals surface area contributed by atoms with Crippen LogP contribution < -0.4 is 10.9 Å². The molecular weight excluding hydrogens is 313 g/mol. The van der Waals surface area contributed by atoms with Gasteiger partial charge in [-0.15, -0.1) is 0 Å². The smallest absolute Gasteiger partial charge is 0.352 e. The van der Waals surface area contributed by atoms with Crippen molar-refractivity contribution in [3.05, 3.63) is 27.7 Å². The molecule has 0 saturated heterocycles. The van der Waals surface area contributed by atoms with Crippen LogP contribution >= 0.6 is 0 Å². The summed E-state index contributed by atoms with van der Waals surface area (Å²) in [6.45, 7) is 1.11. The first-order valence-corrected chi connectivity index (χ1v) is 7.12. The van der Waals surface area contributed by atoms with Crippen LogP contribution in [0.15, 0.2) is 10.9 Å². The van der Waals surface area contributed by atoms with E-state index in [1.165, 1.54) is 18.7 Å². The van der Waals surface area contributed by atoms with Crippen molar-refractivity contribution < 1.29 is 18.0 Å². The minimum atomic E-state index is -4.67. The van der Waals surface area contributed by atoms with Crippen LogP contribution in [-0.2, 0) is 24.6 Å². The molecule has 1 aliphatic carbocycles. The summed E-state index contributed by atoms with van der Waals surface area (Å²) in [5.41, 5.74) is -1.75. The fraction of sp³-hybridized carbons (Fsp3) is 0.500. The zero-order valence-corrected chi connectivity index (χ0v) is 12.6. The van der Waals surface area contributed by atoms with Crippen LogP contribution in [0.4, 0.5) is 13.2 Å². The molecule has 1 aliphatic rings. The molecule has 0 radical (unpaired) electrons. The van der Waals surface area contributed by atoms with Crippen molar-refractivity contribution in [3.63, 3.8) is 0 Å². The third kappa shape index (κ3) is 2.82. The van der Waals surface area contributed by atoms with Crippen LogP contribution in [0.2, 0.25) is 0 Å². The summed E-state index contributed by atoms with van der Waals surface area (Å²) in [5, 5.41) is 6.53. The van der Waals surface area contributed by atoms with E-state index in [-0.39, 0.29) is 29.3 Å². The number of halogens is 3. The van der Waals surface area contributed by atoms with Crippen molar-refractivity contribution in [3.8, 4) is 0 Å². The number of alkyl halides is 3. The predicted molar refractivity (Wildman–Crippen MR) is 75.9 cm³/mol. The molecule has 0 aliphatic heterocycles. The molecule has 1 saturated carbocycles. The van der Waals surface area contributed by atoms with E-state index in [1.54, 1.807) is 0 Å². The fourth-order valence-corrected chi connectivity index (χ4v) is 2.67. The van der Waals surface area contributed by atoms with Gasteiger partial charge in [0.1, 0.15) is 12.2 Å². The average molecular weight is 328 g/mol. The summed E-state index contributed by atoms with van der Waals surface area (Å²) < 4.78 is 41.8. The predicted octanol–water partition coefficient (Wildman–Crippen LogP) is 1.34. The second kappa shape index (κ2) is 5.10. The minimum Gasteiger partial charge on any atom is -0.352 e. The molecule has 0 spiro atoms. The molecule has 0 aromatic carbocycles. The quantitative estimate of drug-likeness (QED) is 0.924. The largest absolute Gasteiger partial charge is 0.417 e. The highest BCUT2D eigenvalue weighted by atomic mass is 19.4. The fourth-order valence-electron chi connectivity index (χ4n) is 2.67. The first-order valence-electron chi connectivity index (χ1n) is 7.12. The summed E-state index contributed by atoms with van der Waals surface area (Å²) >= 11 is 0. The summed E-state index contributed by atoms with van der Waals surface area (Å²) in [5.74, 6) is -0.394. The Labute approximate surface area is 128 Å². The number of hydrogen-bond donors (Lipinski definition) is 1. The molecule has 6 nitrogen and oxygen atoms in total. The first-order chi connectivity index (χ1) is 10.7. The van der Waals surface area contributed by atoms with E-state index in [2.05, 4.69) is 10.4 Å². The lowest BCUT2D eigenvalue weighted by molar-refractivity contribution is -0.136. The Balaban J connectivity index is 2.16. The highest BCUT2D eigenvalue weighted by Crippen LogP contribution is 2.35. The number of carbonyl (C=O) groups excluding carboxylic acids is 1. The lowest BCUT2D eigenvalue weighted by Gasteiger charge is -2.13. The number of amides is 1. The van der Waals surface area contributed by atoms with Crippen LogP contribution in [-0.4, -0.2) is 26.3 Å². The van der Waals surface area contributed by atoms with E-state index in [0.717, 1.165) is 17.4 Å². The molecule has 2 heterocycles. The molecule has 3 rings (SSSR count). The highest BCUT2D eigenvalue weighted by molar-refractivity contribution is 5.85. The Morgan fingerprint density at radius 3 is 2.65 bits per heavy atom. The zero-order chi connectivity index (χ0) is 16.9. The van der Waals surface area contributed by atoms with Crippen LogP contribution in [0.5, 0.6) is 0 Å². The summed E-state index contributed by atoms with van der Waals surface area (Å²) in [6.07, 6.45) is -2.90. The van der Waals surface area contributed by atoms with Crippen molar-refractivity contribution in [2.75, 3.05) is 0 Å². The standard InChI is InChI=1S/C14H15F3N4O2/c1-7-12-9(14(15,16)17)5-11(23)21(13(12)20(2)19-7)6-10(22)18-8-3-4-8/h5,8H,3-4,6H2,1-2H3,(H,18,22). The second-order valence-electron chi connectivity index (χ2n) is 5.73. The molecule has 2 aromatic heterocycles. The van der Waals surface area contributed by atoms with Gasteiger partial charge in [-0.2, -0.15) is 18.3 Å². The normalized spacial score (nSPS) is 15.2. The molecule has 1 N–H and O–H groups in total. The Morgan fingerprint density at radius 1 is 1.43 bits per heavy atom. The number of aromatic nitrogens is 3. The van der Waals surface area contributed by atoms with Gasteiger partial charge in [-0.3, -0.25) is 18.8 Å². The van der Waals surface area contributed by atoms with Gasteiger partial charge in [0.15, 0.2) is 0 Å². The molecule has 1 amide bonds. The van der Waals surface area contributed by atoms with E-state index in [0.29, 0.717) is 6.07 Å². The van der Waals surface area contributed by atoms with Crippen molar-refractivity contribution in [1.82, 2.24) is 19.7 Å². The molecule has 23 heavy (non-hydrogen) atoms. The lowest BCUT2D eigenvalue weighted by atomic mass is 10.1. The Morgan fingerprint density at radius 2 is 2.09 bits per heavy atom. The number of nitrogens with one attached hydrogen (secondary N) is 1. The number of carbonyl (C=O) groups is 1. The summed E-state index contributed by atoms with van der Waals surface area (Å²) in [4.78, 5) is 24.1. The average Bonchev–Trinajstić information content (AvgIpc) is 3.17. The lowest BCUT2D eigenvalue weighted by Crippen LogP contribution is -2.34. The zero-order valence-electron chi connectivity index (χ0n) is 12.6. The second-order valence-corrected chi connectivity index (χ2v) is 5.73. The van der Waals surface area contributed by atoms with Gasteiger partial charge in [-0.1, -0.05) is 0 Å². The van der Waals surface area contributed by atoms with Crippen LogP contribution in [0.3, 0.4) is 0 Å². The summed E-state index contributed by atoms with van der Waals surface area (Å²) in [6, 6.07) is 0.637. The number of fused-ring (bicyclic) bond motifs is 1. The van der Waals surface area contributed by atoms with E-state index < -0.39 is 23.2 Å². The van der Waals surface area contributed by atoms with Gasteiger partial charge < -0.3 is 5.32 Å². The molecule has 1 fully saturated rings. The summed E-state index contributed by atoms with van der Waals surface area (Å²) in [7, 11) is 1.45. The van der Waals surface area contributed by atoms with E-state index in [1.807, 2.05) is 0 Å².